The Morgan fingerprint density at radius 2 is 1.89 bits per heavy atom. The SMILES string of the molecule is CC(C)(C)OCCOc1ccc(NC[C@H]2CC[C@]3(CC2)CN(c2cccnn2)C(=O)O3)nn1.Cl.Cl. The van der Waals surface area contributed by atoms with Gasteiger partial charge in [0.2, 0.25) is 5.88 Å². The first kappa shape index (κ1) is 28.8. The van der Waals surface area contributed by atoms with Crippen LogP contribution in [0, 0.1) is 5.92 Å². The van der Waals surface area contributed by atoms with Crippen molar-refractivity contribution in [2.75, 3.05) is 36.5 Å². The molecule has 0 bridgehead atoms. The second-order valence-electron chi connectivity index (χ2n) is 9.61. The topological polar surface area (TPSA) is 112 Å². The fraction of sp³-hybridized carbons (Fsp3) is 0.609. The van der Waals surface area contributed by atoms with Gasteiger partial charge >= 0.3 is 6.09 Å². The lowest BCUT2D eigenvalue weighted by Crippen LogP contribution is -2.39. The fourth-order valence-electron chi connectivity index (χ4n) is 4.14. The number of halogens is 2. The lowest BCUT2D eigenvalue weighted by molar-refractivity contribution is -0.0169. The molecule has 1 saturated carbocycles. The maximum absolute atomic E-state index is 12.4. The van der Waals surface area contributed by atoms with Crippen molar-refractivity contribution in [1.29, 1.82) is 0 Å². The van der Waals surface area contributed by atoms with Gasteiger partial charge in [0.1, 0.15) is 18.0 Å². The lowest BCUT2D eigenvalue weighted by atomic mass is 9.78. The molecule has 1 saturated heterocycles. The third-order valence-electron chi connectivity index (χ3n) is 5.90. The number of carbonyl (C=O) groups excluding carboxylic acids is 1. The van der Waals surface area contributed by atoms with Crippen molar-refractivity contribution in [2.24, 2.45) is 5.92 Å². The molecule has 1 aliphatic heterocycles. The van der Waals surface area contributed by atoms with E-state index in [1.54, 1.807) is 29.3 Å². The quantitative estimate of drug-likeness (QED) is 0.500. The van der Waals surface area contributed by atoms with Gasteiger partial charge in [0.25, 0.3) is 0 Å². The van der Waals surface area contributed by atoms with E-state index in [0.29, 0.717) is 37.4 Å². The first-order chi connectivity index (χ1) is 15.8. The summed E-state index contributed by atoms with van der Waals surface area (Å²) in [5.74, 6) is 2.21. The van der Waals surface area contributed by atoms with Crippen molar-refractivity contribution in [3.05, 3.63) is 30.5 Å². The molecule has 0 radical (unpaired) electrons. The Bertz CT molecular complexity index is 922. The third-order valence-corrected chi connectivity index (χ3v) is 5.90. The van der Waals surface area contributed by atoms with Crippen LogP contribution in [0.4, 0.5) is 16.4 Å². The highest BCUT2D eigenvalue weighted by Crippen LogP contribution is 2.40. The normalized spacial score (nSPS) is 21.6. The number of rotatable bonds is 8. The van der Waals surface area contributed by atoms with Crippen LogP contribution in [0.3, 0.4) is 0 Å². The summed E-state index contributed by atoms with van der Waals surface area (Å²) in [7, 11) is 0. The van der Waals surface area contributed by atoms with E-state index in [2.05, 4.69) is 25.7 Å². The van der Waals surface area contributed by atoms with Gasteiger partial charge in [-0.15, -0.1) is 40.1 Å². The second kappa shape index (κ2) is 12.5. The number of nitrogens with zero attached hydrogens (tertiary/aromatic N) is 5. The van der Waals surface area contributed by atoms with Gasteiger partial charge in [0.05, 0.1) is 18.8 Å². The molecule has 1 amide bonds. The van der Waals surface area contributed by atoms with E-state index < -0.39 is 5.60 Å². The Labute approximate surface area is 218 Å². The van der Waals surface area contributed by atoms with E-state index in [9.17, 15) is 4.79 Å². The average molecular weight is 529 g/mol. The van der Waals surface area contributed by atoms with E-state index >= 15 is 0 Å². The summed E-state index contributed by atoms with van der Waals surface area (Å²) < 4.78 is 17.0. The minimum absolute atomic E-state index is 0. The zero-order valence-electron chi connectivity index (χ0n) is 20.3. The van der Waals surface area contributed by atoms with Crippen LogP contribution in [0.15, 0.2) is 30.5 Å². The van der Waals surface area contributed by atoms with Crippen molar-refractivity contribution >= 4 is 42.5 Å². The maximum Gasteiger partial charge on any atom is 0.416 e. The molecule has 2 fully saturated rings. The number of nitrogens with one attached hydrogen (secondary N) is 1. The molecule has 35 heavy (non-hydrogen) atoms. The fourth-order valence-corrected chi connectivity index (χ4v) is 4.14. The number of ether oxygens (including phenoxy) is 3. The van der Waals surface area contributed by atoms with Crippen molar-refractivity contribution < 1.29 is 19.0 Å². The molecule has 1 aliphatic carbocycles. The number of hydrogen-bond acceptors (Lipinski definition) is 9. The molecule has 2 aliphatic rings. The second-order valence-corrected chi connectivity index (χ2v) is 9.61. The summed E-state index contributed by atoms with van der Waals surface area (Å²) in [6.07, 6.45) is 4.85. The third kappa shape index (κ3) is 8.05. The molecule has 2 aromatic heterocycles. The standard InChI is InChI=1S/C23H32N6O4.2ClH/c1-22(2,3)32-14-13-31-20-7-6-18(26-28-20)24-15-17-8-10-23(11-9-17)16-29(21(30)33-23)19-5-4-12-25-27-19;;/h4-7,12,17H,8-11,13-16H2,1-3H3,(H,24,26);2*1H/t17-,23-;;. The zero-order valence-corrected chi connectivity index (χ0v) is 21.9. The van der Waals surface area contributed by atoms with Crippen molar-refractivity contribution in [3.63, 3.8) is 0 Å². The molecule has 1 spiro atoms. The number of anilines is 2. The van der Waals surface area contributed by atoms with Crippen LogP contribution in [0.5, 0.6) is 5.88 Å². The van der Waals surface area contributed by atoms with Crippen LogP contribution in [0.1, 0.15) is 46.5 Å². The highest BCUT2D eigenvalue weighted by atomic mass is 35.5. The van der Waals surface area contributed by atoms with Gasteiger partial charge in [-0.05, 0) is 70.6 Å². The van der Waals surface area contributed by atoms with E-state index in [4.69, 9.17) is 14.2 Å². The molecule has 3 heterocycles. The Morgan fingerprint density at radius 1 is 1.11 bits per heavy atom. The molecule has 12 heteroatoms. The van der Waals surface area contributed by atoms with Gasteiger partial charge in [0, 0.05) is 18.8 Å². The molecular weight excluding hydrogens is 495 g/mol. The average Bonchev–Trinajstić information content (AvgIpc) is 3.13. The highest BCUT2D eigenvalue weighted by Gasteiger charge is 2.48. The molecule has 194 valence electrons. The first-order valence-electron chi connectivity index (χ1n) is 11.4. The summed E-state index contributed by atoms with van der Waals surface area (Å²) >= 11 is 0. The smallest absolute Gasteiger partial charge is 0.416 e. The summed E-state index contributed by atoms with van der Waals surface area (Å²) in [5, 5.41) is 19.6. The van der Waals surface area contributed by atoms with Gasteiger partial charge in [-0.1, -0.05) is 0 Å². The molecule has 0 unspecified atom stereocenters. The van der Waals surface area contributed by atoms with Crippen LogP contribution < -0.4 is 15.0 Å². The molecule has 4 rings (SSSR count). The number of carbonyl (C=O) groups is 1. The predicted octanol–water partition coefficient (Wildman–Crippen LogP) is 4.30. The van der Waals surface area contributed by atoms with Crippen LogP contribution in [0.25, 0.3) is 0 Å². The van der Waals surface area contributed by atoms with Crippen molar-refractivity contribution in [3.8, 4) is 5.88 Å². The van der Waals surface area contributed by atoms with Gasteiger partial charge in [-0.3, -0.25) is 4.90 Å². The molecular formula is C23H34Cl2N6O4. The number of amides is 1. The van der Waals surface area contributed by atoms with Crippen LogP contribution >= 0.6 is 24.8 Å². The minimum atomic E-state index is -0.430. The van der Waals surface area contributed by atoms with Crippen molar-refractivity contribution in [1.82, 2.24) is 20.4 Å². The van der Waals surface area contributed by atoms with Crippen LogP contribution in [-0.4, -0.2) is 64.0 Å². The van der Waals surface area contributed by atoms with E-state index in [-0.39, 0.29) is 36.5 Å². The Morgan fingerprint density at radius 3 is 2.51 bits per heavy atom. The van der Waals surface area contributed by atoms with Crippen molar-refractivity contribution in [2.45, 2.75) is 57.7 Å². The van der Waals surface area contributed by atoms with Gasteiger partial charge < -0.3 is 19.5 Å². The predicted molar refractivity (Wildman–Crippen MR) is 137 cm³/mol. The lowest BCUT2D eigenvalue weighted by Gasteiger charge is -2.35. The monoisotopic (exact) mass is 528 g/mol. The Kier molecular flexibility index (Phi) is 10.3. The number of aromatic nitrogens is 4. The summed E-state index contributed by atoms with van der Waals surface area (Å²) in [4.78, 5) is 14.0. The van der Waals surface area contributed by atoms with E-state index in [0.717, 1.165) is 38.0 Å². The molecule has 10 nitrogen and oxygen atoms in total. The largest absolute Gasteiger partial charge is 0.474 e. The molecule has 0 atom stereocenters. The Hall–Kier alpha value is -2.43. The molecule has 0 aromatic carbocycles. The maximum atomic E-state index is 12.4. The van der Waals surface area contributed by atoms with Crippen LogP contribution in [0.2, 0.25) is 0 Å². The van der Waals surface area contributed by atoms with E-state index in [1.165, 1.54) is 0 Å². The minimum Gasteiger partial charge on any atom is -0.474 e. The number of hydrogen-bond donors (Lipinski definition) is 1. The van der Waals surface area contributed by atoms with Gasteiger partial charge in [-0.25, -0.2) is 4.79 Å². The Balaban J connectivity index is 0.00000216. The summed E-state index contributed by atoms with van der Waals surface area (Å²) in [6.45, 7) is 8.28. The first-order valence-corrected chi connectivity index (χ1v) is 11.4. The zero-order chi connectivity index (χ0) is 23.3. The summed E-state index contributed by atoms with van der Waals surface area (Å²) in [5.41, 5.74) is -0.614. The van der Waals surface area contributed by atoms with Gasteiger partial charge in [-0.2, -0.15) is 5.10 Å². The van der Waals surface area contributed by atoms with E-state index in [1.807, 2.05) is 26.8 Å². The van der Waals surface area contributed by atoms with Gasteiger partial charge in [0.15, 0.2) is 5.82 Å². The molecule has 1 N–H and O–H groups in total. The highest BCUT2D eigenvalue weighted by molar-refractivity contribution is 5.89. The summed E-state index contributed by atoms with van der Waals surface area (Å²) in [6, 6.07) is 7.22. The molecule has 2 aromatic rings. The van der Waals surface area contributed by atoms with Crippen LogP contribution in [-0.2, 0) is 9.47 Å².